The number of nitrogens with one attached hydrogen (secondary N) is 1. The van der Waals surface area contributed by atoms with Crippen molar-refractivity contribution in [3.8, 4) is 0 Å². The minimum atomic E-state index is 0.253. The molecular formula is C16H25NO. The topological polar surface area (TPSA) is 32.3 Å². The molecule has 0 spiro atoms. The third-order valence-electron chi connectivity index (χ3n) is 2.99. The average Bonchev–Trinajstić information content (AvgIpc) is 2.37. The fraction of sp³-hybridized carbons (Fsp3) is 0.500. The molecule has 0 heterocycles. The van der Waals surface area contributed by atoms with Gasteiger partial charge < -0.3 is 10.4 Å². The average molecular weight is 247 g/mol. The summed E-state index contributed by atoms with van der Waals surface area (Å²) in [5.74, 6) is 0. The summed E-state index contributed by atoms with van der Waals surface area (Å²) in [5.41, 5.74) is 1.49. The van der Waals surface area contributed by atoms with E-state index in [0.29, 0.717) is 0 Å². The van der Waals surface area contributed by atoms with Gasteiger partial charge in [0.05, 0.1) is 0 Å². The van der Waals surface area contributed by atoms with Gasteiger partial charge in [0, 0.05) is 19.7 Å². The van der Waals surface area contributed by atoms with Gasteiger partial charge in [-0.3, -0.25) is 0 Å². The van der Waals surface area contributed by atoms with Crippen LogP contribution in [0.3, 0.4) is 0 Å². The maximum absolute atomic E-state index is 8.83. The minimum Gasteiger partial charge on any atom is -0.396 e. The van der Waals surface area contributed by atoms with Crippen LogP contribution in [-0.4, -0.2) is 24.8 Å². The van der Waals surface area contributed by atoms with Crippen LogP contribution in [0.15, 0.2) is 36.4 Å². The predicted molar refractivity (Wildman–Crippen MR) is 78.4 cm³/mol. The lowest BCUT2D eigenvalue weighted by molar-refractivity contribution is 0.238. The Bertz CT molecular complexity index is 343. The molecule has 0 atom stereocenters. The molecule has 0 aliphatic rings. The van der Waals surface area contributed by atoms with Crippen molar-refractivity contribution >= 4 is 6.08 Å². The lowest BCUT2D eigenvalue weighted by Gasteiger charge is -2.24. The Kier molecular flexibility index (Phi) is 6.69. The second-order valence-electron chi connectivity index (χ2n) is 5.44. The van der Waals surface area contributed by atoms with Gasteiger partial charge in [0.15, 0.2) is 0 Å². The fourth-order valence-corrected chi connectivity index (χ4v) is 1.90. The zero-order chi connectivity index (χ0) is 13.3. The summed E-state index contributed by atoms with van der Waals surface area (Å²) in [4.78, 5) is 0. The van der Waals surface area contributed by atoms with E-state index in [2.05, 4.69) is 43.4 Å². The Morgan fingerprint density at radius 3 is 2.61 bits per heavy atom. The Labute approximate surface area is 111 Å². The van der Waals surface area contributed by atoms with Gasteiger partial charge in [0.25, 0.3) is 0 Å². The first kappa shape index (κ1) is 14.9. The van der Waals surface area contributed by atoms with Crippen molar-refractivity contribution in [1.82, 2.24) is 5.32 Å². The molecule has 0 radical (unpaired) electrons. The summed E-state index contributed by atoms with van der Waals surface area (Å²) in [6, 6.07) is 10.3. The summed E-state index contributed by atoms with van der Waals surface area (Å²) in [6.07, 6.45) is 6.22. The van der Waals surface area contributed by atoms with Crippen LogP contribution in [0.5, 0.6) is 0 Å². The van der Waals surface area contributed by atoms with E-state index in [1.54, 1.807) is 0 Å². The number of aliphatic hydroxyl groups is 1. The summed E-state index contributed by atoms with van der Waals surface area (Å²) in [7, 11) is 0. The van der Waals surface area contributed by atoms with Crippen molar-refractivity contribution in [3.63, 3.8) is 0 Å². The van der Waals surface area contributed by atoms with E-state index in [-0.39, 0.29) is 12.0 Å². The van der Waals surface area contributed by atoms with Crippen molar-refractivity contribution in [2.45, 2.75) is 26.7 Å². The first-order valence-electron chi connectivity index (χ1n) is 6.67. The first-order chi connectivity index (χ1) is 8.64. The SMILES string of the molecule is CC(C)(CCCO)CNC/C=C/c1ccccc1. The van der Waals surface area contributed by atoms with E-state index >= 15 is 0 Å². The molecule has 0 saturated heterocycles. The van der Waals surface area contributed by atoms with Crippen LogP contribution in [0, 0.1) is 5.41 Å². The van der Waals surface area contributed by atoms with Crippen molar-refractivity contribution in [2.24, 2.45) is 5.41 Å². The van der Waals surface area contributed by atoms with Gasteiger partial charge in [-0.05, 0) is 23.8 Å². The molecule has 2 heteroatoms. The molecular weight excluding hydrogens is 222 g/mol. The van der Waals surface area contributed by atoms with Crippen molar-refractivity contribution < 1.29 is 5.11 Å². The number of benzene rings is 1. The molecule has 0 amide bonds. The molecule has 0 saturated carbocycles. The van der Waals surface area contributed by atoms with Gasteiger partial charge in [-0.25, -0.2) is 0 Å². The molecule has 2 nitrogen and oxygen atoms in total. The summed E-state index contributed by atoms with van der Waals surface area (Å²) >= 11 is 0. The van der Waals surface area contributed by atoms with Gasteiger partial charge >= 0.3 is 0 Å². The Hall–Kier alpha value is -1.12. The lowest BCUT2D eigenvalue weighted by Crippen LogP contribution is -2.29. The highest BCUT2D eigenvalue weighted by Crippen LogP contribution is 2.20. The number of rotatable bonds is 8. The molecule has 0 aliphatic carbocycles. The second kappa shape index (κ2) is 8.06. The van der Waals surface area contributed by atoms with Gasteiger partial charge in [0.1, 0.15) is 0 Å². The van der Waals surface area contributed by atoms with E-state index in [9.17, 15) is 0 Å². The third-order valence-corrected chi connectivity index (χ3v) is 2.99. The Morgan fingerprint density at radius 2 is 1.94 bits per heavy atom. The van der Waals surface area contributed by atoms with Crippen LogP contribution in [0.1, 0.15) is 32.3 Å². The maximum atomic E-state index is 8.83. The smallest absolute Gasteiger partial charge is 0.0431 e. The Balaban J connectivity index is 2.20. The highest BCUT2D eigenvalue weighted by Gasteiger charge is 2.15. The van der Waals surface area contributed by atoms with Crippen molar-refractivity contribution in [2.75, 3.05) is 19.7 Å². The molecule has 0 unspecified atom stereocenters. The van der Waals surface area contributed by atoms with Gasteiger partial charge in [-0.1, -0.05) is 56.3 Å². The Morgan fingerprint density at radius 1 is 1.22 bits per heavy atom. The molecule has 18 heavy (non-hydrogen) atoms. The molecule has 1 aromatic rings. The largest absolute Gasteiger partial charge is 0.396 e. The zero-order valence-electron chi connectivity index (χ0n) is 11.5. The first-order valence-corrected chi connectivity index (χ1v) is 6.67. The minimum absolute atomic E-state index is 0.253. The standard InChI is InChI=1S/C16H25NO/c1-16(2,11-7-13-18)14-17-12-6-10-15-8-4-3-5-9-15/h3-6,8-10,17-18H,7,11-14H2,1-2H3/b10-6+. The molecule has 100 valence electrons. The second-order valence-corrected chi connectivity index (χ2v) is 5.44. The van der Waals surface area contributed by atoms with E-state index in [1.807, 2.05) is 18.2 Å². The van der Waals surface area contributed by atoms with E-state index in [0.717, 1.165) is 25.9 Å². The summed E-state index contributed by atoms with van der Waals surface area (Å²) < 4.78 is 0. The molecule has 0 fully saturated rings. The maximum Gasteiger partial charge on any atom is 0.0431 e. The number of hydrogen-bond acceptors (Lipinski definition) is 2. The summed E-state index contributed by atoms with van der Waals surface area (Å²) in [6.45, 7) is 6.62. The molecule has 0 aliphatic heterocycles. The zero-order valence-corrected chi connectivity index (χ0v) is 11.5. The van der Waals surface area contributed by atoms with Crippen molar-refractivity contribution in [3.05, 3.63) is 42.0 Å². The van der Waals surface area contributed by atoms with E-state index in [1.165, 1.54) is 5.56 Å². The summed E-state index contributed by atoms with van der Waals surface area (Å²) in [5, 5.41) is 12.3. The van der Waals surface area contributed by atoms with E-state index in [4.69, 9.17) is 5.11 Å². The third kappa shape index (κ3) is 6.58. The van der Waals surface area contributed by atoms with E-state index < -0.39 is 0 Å². The van der Waals surface area contributed by atoms with Crippen LogP contribution >= 0.6 is 0 Å². The monoisotopic (exact) mass is 247 g/mol. The highest BCUT2D eigenvalue weighted by atomic mass is 16.2. The molecule has 0 bridgehead atoms. The molecule has 0 aromatic heterocycles. The molecule has 2 N–H and O–H groups in total. The molecule has 1 rings (SSSR count). The van der Waals surface area contributed by atoms with Gasteiger partial charge in [-0.2, -0.15) is 0 Å². The number of hydrogen-bond donors (Lipinski definition) is 2. The van der Waals surface area contributed by atoms with Crippen LogP contribution in [0.2, 0.25) is 0 Å². The van der Waals surface area contributed by atoms with Gasteiger partial charge in [0.2, 0.25) is 0 Å². The lowest BCUT2D eigenvalue weighted by atomic mass is 9.88. The molecule has 1 aromatic carbocycles. The van der Waals surface area contributed by atoms with Crippen molar-refractivity contribution in [1.29, 1.82) is 0 Å². The number of aliphatic hydroxyl groups excluding tert-OH is 1. The highest BCUT2D eigenvalue weighted by molar-refractivity contribution is 5.48. The quantitative estimate of drug-likeness (QED) is 0.692. The van der Waals surface area contributed by atoms with Crippen LogP contribution in [0.4, 0.5) is 0 Å². The normalized spacial score (nSPS) is 12.2. The predicted octanol–water partition coefficient (Wildman–Crippen LogP) is 3.09. The van der Waals surface area contributed by atoms with Crippen LogP contribution < -0.4 is 5.32 Å². The van der Waals surface area contributed by atoms with Crippen LogP contribution in [-0.2, 0) is 0 Å². The fourth-order valence-electron chi connectivity index (χ4n) is 1.90. The van der Waals surface area contributed by atoms with Crippen LogP contribution in [0.25, 0.3) is 6.08 Å². The van der Waals surface area contributed by atoms with Gasteiger partial charge in [-0.15, -0.1) is 0 Å².